The summed E-state index contributed by atoms with van der Waals surface area (Å²) in [6.45, 7) is 4.26. The van der Waals surface area contributed by atoms with Crippen LogP contribution in [-0.2, 0) is 27.5 Å². The topological polar surface area (TPSA) is 38.8 Å². The third-order valence-electron chi connectivity index (χ3n) is 5.30. The first-order chi connectivity index (χ1) is 13.8. The normalized spacial score (nSPS) is 19.5. The summed E-state index contributed by atoms with van der Waals surface area (Å²) in [5, 5.41) is 0. The Kier molecular flexibility index (Phi) is 8.07. The van der Waals surface area contributed by atoms with Gasteiger partial charge in [-0.05, 0) is 30.4 Å². The van der Waals surface area contributed by atoms with Crippen LogP contribution >= 0.6 is 0 Å². The highest BCUT2D eigenvalue weighted by molar-refractivity contribution is 5.76. The van der Waals surface area contributed by atoms with Gasteiger partial charge >= 0.3 is 0 Å². The fourth-order valence-electron chi connectivity index (χ4n) is 3.86. The number of piperidine rings is 1. The van der Waals surface area contributed by atoms with E-state index in [0.29, 0.717) is 32.8 Å². The molecular weight excluding hydrogens is 350 g/mol. The van der Waals surface area contributed by atoms with Gasteiger partial charge < -0.3 is 14.4 Å². The molecule has 0 N–H and O–H groups in total. The number of likely N-dealkylation sites (tertiary alicyclic amines) is 1. The van der Waals surface area contributed by atoms with Crippen molar-refractivity contribution in [1.82, 2.24) is 4.90 Å². The van der Waals surface area contributed by atoms with Gasteiger partial charge in [-0.25, -0.2) is 0 Å². The summed E-state index contributed by atoms with van der Waals surface area (Å²) in [6.07, 6.45) is 3.61. The third-order valence-corrected chi connectivity index (χ3v) is 5.30. The van der Waals surface area contributed by atoms with Crippen LogP contribution in [0.3, 0.4) is 0 Å². The van der Waals surface area contributed by atoms with Crippen molar-refractivity contribution in [3.8, 4) is 0 Å². The Balaban J connectivity index is 1.54. The second-order valence-electron chi connectivity index (χ2n) is 7.39. The van der Waals surface area contributed by atoms with Gasteiger partial charge in [0.25, 0.3) is 0 Å². The van der Waals surface area contributed by atoms with E-state index in [1.165, 1.54) is 0 Å². The van der Waals surface area contributed by atoms with Crippen molar-refractivity contribution in [2.45, 2.75) is 57.9 Å². The van der Waals surface area contributed by atoms with Gasteiger partial charge in [-0.2, -0.15) is 0 Å². The summed E-state index contributed by atoms with van der Waals surface area (Å²) in [5.74, 6) is 0.196. The molecule has 28 heavy (non-hydrogen) atoms. The smallest absolute Gasteiger partial charge is 0.222 e. The van der Waals surface area contributed by atoms with Gasteiger partial charge in [0, 0.05) is 6.42 Å². The van der Waals surface area contributed by atoms with Gasteiger partial charge in [0.2, 0.25) is 5.91 Å². The standard InChI is InChI=1S/C24H31NO3/c1-2-24(26)25-22(18-27-16-20-10-5-3-6-11-20)14-9-15-23(25)19-28-17-21-12-7-4-8-13-21/h3-8,10-13,22-23H,2,9,14-19H2,1H3/t22-,23-/m0/s1. The second-order valence-corrected chi connectivity index (χ2v) is 7.39. The zero-order valence-corrected chi connectivity index (χ0v) is 16.8. The van der Waals surface area contributed by atoms with Gasteiger partial charge in [0.05, 0.1) is 38.5 Å². The summed E-state index contributed by atoms with van der Waals surface area (Å²) in [6, 6.07) is 20.6. The lowest BCUT2D eigenvalue weighted by Gasteiger charge is -2.42. The molecule has 0 radical (unpaired) electrons. The predicted octanol–water partition coefficient (Wildman–Crippen LogP) is 4.58. The average Bonchev–Trinajstić information content (AvgIpc) is 2.75. The highest BCUT2D eigenvalue weighted by atomic mass is 16.5. The minimum atomic E-state index is 0.134. The fraction of sp³-hybridized carbons (Fsp3) is 0.458. The molecule has 0 aromatic heterocycles. The largest absolute Gasteiger partial charge is 0.375 e. The van der Waals surface area contributed by atoms with Gasteiger partial charge in [0.1, 0.15) is 0 Å². The maximum atomic E-state index is 12.7. The summed E-state index contributed by atoms with van der Waals surface area (Å²) < 4.78 is 11.9. The van der Waals surface area contributed by atoms with E-state index in [1.54, 1.807) is 0 Å². The van der Waals surface area contributed by atoms with Crippen LogP contribution in [0.5, 0.6) is 0 Å². The molecule has 2 aromatic rings. The van der Waals surface area contributed by atoms with Crippen LogP contribution in [0.4, 0.5) is 0 Å². The van der Waals surface area contributed by atoms with Crippen molar-refractivity contribution < 1.29 is 14.3 Å². The molecule has 4 nitrogen and oxygen atoms in total. The Labute approximate surface area is 168 Å². The van der Waals surface area contributed by atoms with E-state index < -0.39 is 0 Å². The molecule has 3 rings (SSSR count). The zero-order chi connectivity index (χ0) is 19.6. The molecule has 1 aliphatic rings. The first-order valence-electron chi connectivity index (χ1n) is 10.3. The van der Waals surface area contributed by atoms with Gasteiger partial charge in [-0.3, -0.25) is 4.79 Å². The first-order valence-corrected chi connectivity index (χ1v) is 10.3. The van der Waals surface area contributed by atoms with Crippen molar-refractivity contribution in [3.63, 3.8) is 0 Å². The van der Waals surface area contributed by atoms with Crippen LogP contribution in [0.2, 0.25) is 0 Å². The number of benzene rings is 2. The molecule has 0 saturated carbocycles. The maximum Gasteiger partial charge on any atom is 0.222 e. The summed E-state index contributed by atoms with van der Waals surface area (Å²) in [7, 11) is 0. The lowest BCUT2D eigenvalue weighted by atomic mass is 9.95. The number of carbonyl (C=O) groups is 1. The summed E-state index contributed by atoms with van der Waals surface area (Å²) >= 11 is 0. The van der Waals surface area contributed by atoms with Crippen molar-refractivity contribution in [1.29, 1.82) is 0 Å². The molecule has 0 spiro atoms. The number of hydrogen-bond acceptors (Lipinski definition) is 3. The number of ether oxygens (including phenoxy) is 2. The molecule has 1 fully saturated rings. The average molecular weight is 382 g/mol. The van der Waals surface area contributed by atoms with Gasteiger partial charge in [-0.15, -0.1) is 0 Å². The molecule has 1 saturated heterocycles. The number of carbonyl (C=O) groups excluding carboxylic acids is 1. The van der Waals surface area contributed by atoms with E-state index in [-0.39, 0.29) is 18.0 Å². The van der Waals surface area contributed by atoms with Crippen LogP contribution in [-0.4, -0.2) is 36.1 Å². The summed E-state index contributed by atoms with van der Waals surface area (Å²) in [4.78, 5) is 14.7. The Morgan fingerprint density at radius 2 is 1.32 bits per heavy atom. The van der Waals surface area contributed by atoms with Crippen molar-refractivity contribution in [2.24, 2.45) is 0 Å². The quantitative estimate of drug-likeness (QED) is 0.638. The molecule has 1 heterocycles. The zero-order valence-electron chi connectivity index (χ0n) is 16.8. The van der Waals surface area contributed by atoms with Gasteiger partial charge in [-0.1, -0.05) is 67.6 Å². The minimum Gasteiger partial charge on any atom is -0.375 e. The molecule has 150 valence electrons. The van der Waals surface area contributed by atoms with Crippen molar-refractivity contribution >= 4 is 5.91 Å². The van der Waals surface area contributed by atoms with Crippen molar-refractivity contribution in [2.75, 3.05) is 13.2 Å². The van der Waals surface area contributed by atoms with Crippen LogP contribution in [0.25, 0.3) is 0 Å². The Morgan fingerprint density at radius 1 is 0.857 bits per heavy atom. The molecule has 0 aliphatic carbocycles. The van der Waals surface area contributed by atoms with Crippen LogP contribution in [0.15, 0.2) is 60.7 Å². The molecule has 0 unspecified atom stereocenters. The molecule has 4 heteroatoms. The first kappa shape index (κ1) is 20.6. The summed E-state index contributed by atoms with van der Waals surface area (Å²) in [5.41, 5.74) is 2.32. The molecule has 1 amide bonds. The van der Waals surface area contributed by atoms with Gasteiger partial charge in [0.15, 0.2) is 0 Å². The Hall–Kier alpha value is -2.17. The molecule has 2 aromatic carbocycles. The molecule has 0 bridgehead atoms. The molecule has 2 atom stereocenters. The van der Waals surface area contributed by atoms with E-state index >= 15 is 0 Å². The number of rotatable bonds is 9. The van der Waals surface area contributed by atoms with Crippen LogP contribution < -0.4 is 0 Å². The SMILES string of the molecule is CCC(=O)N1[C@H](COCc2ccccc2)CCC[C@H]1COCc1ccccc1. The maximum absolute atomic E-state index is 12.7. The number of nitrogens with zero attached hydrogens (tertiary/aromatic N) is 1. The second kappa shape index (κ2) is 11.0. The molecule has 1 aliphatic heterocycles. The minimum absolute atomic E-state index is 0.134. The van der Waals surface area contributed by atoms with E-state index in [4.69, 9.17) is 9.47 Å². The third kappa shape index (κ3) is 5.91. The number of hydrogen-bond donors (Lipinski definition) is 0. The Morgan fingerprint density at radius 3 is 1.75 bits per heavy atom. The Bertz CT molecular complexity index is 651. The monoisotopic (exact) mass is 381 g/mol. The van der Waals surface area contributed by atoms with E-state index in [0.717, 1.165) is 30.4 Å². The van der Waals surface area contributed by atoms with Crippen molar-refractivity contribution in [3.05, 3.63) is 71.8 Å². The fourth-order valence-corrected chi connectivity index (χ4v) is 3.86. The highest BCUT2D eigenvalue weighted by Crippen LogP contribution is 2.25. The number of amides is 1. The molecular formula is C24H31NO3. The van der Waals surface area contributed by atoms with E-state index in [2.05, 4.69) is 24.3 Å². The van der Waals surface area contributed by atoms with Crippen LogP contribution in [0, 0.1) is 0 Å². The van der Waals surface area contributed by atoms with E-state index in [9.17, 15) is 4.79 Å². The van der Waals surface area contributed by atoms with E-state index in [1.807, 2.05) is 48.2 Å². The predicted molar refractivity (Wildman–Crippen MR) is 111 cm³/mol. The van der Waals surface area contributed by atoms with Crippen LogP contribution in [0.1, 0.15) is 43.7 Å². The highest BCUT2D eigenvalue weighted by Gasteiger charge is 2.33. The lowest BCUT2D eigenvalue weighted by Crippen LogP contribution is -2.53. The lowest BCUT2D eigenvalue weighted by molar-refractivity contribution is -0.142.